The van der Waals surface area contributed by atoms with Gasteiger partial charge >= 0.3 is 0 Å². The van der Waals surface area contributed by atoms with E-state index in [0.717, 1.165) is 10.2 Å². The van der Waals surface area contributed by atoms with Gasteiger partial charge in [0.2, 0.25) is 5.91 Å². The number of sulfonamides is 1. The van der Waals surface area contributed by atoms with E-state index in [-0.39, 0.29) is 4.90 Å². The number of likely N-dealkylation sites (N-methyl/N-ethyl adjacent to an activating group) is 1. The van der Waals surface area contributed by atoms with Crippen LogP contribution in [0.3, 0.4) is 0 Å². The second-order valence-corrected chi connectivity index (χ2v) is 9.92. The number of carbonyl (C=O) groups is 1. The Labute approximate surface area is 168 Å². The van der Waals surface area contributed by atoms with Crippen LogP contribution in [0.5, 0.6) is 0 Å². The molecule has 27 heavy (non-hydrogen) atoms. The number of hydrogen-bond donors (Lipinski definition) is 1. The third kappa shape index (κ3) is 3.43. The van der Waals surface area contributed by atoms with Crippen molar-refractivity contribution in [3.63, 3.8) is 0 Å². The Kier molecular flexibility index (Phi) is 4.98. The van der Waals surface area contributed by atoms with Gasteiger partial charge in [-0.05, 0) is 49.7 Å². The Hall–Kier alpha value is -2.06. The molecule has 0 aliphatic carbocycles. The van der Waals surface area contributed by atoms with E-state index in [1.807, 2.05) is 24.1 Å². The zero-order valence-electron chi connectivity index (χ0n) is 15.4. The lowest BCUT2D eigenvalue weighted by Gasteiger charge is -2.36. The highest BCUT2D eigenvalue weighted by Crippen LogP contribution is 2.37. The van der Waals surface area contributed by atoms with Crippen molar-refractivity contribution < 1.29 is 13.2 Å². The van der Waals surface area contributed by atoms with Gasteiger partial charge in [-0.25, -0.2) is 8.42 Å². The first kappa shape index (κ1) is 19.7. The van der Waals surface area contributed by atoms with Crippen molar-refractivity contribution in [3.05, 3.63) is 52.5 Å². The molecular weight excluding hydrogens is 430 g/mol. The molecule has 3 rings (SSSR count). The second-order valence-electron chi connectivity index (χ2n) is 7.15. The van der Waals surface area contributed by atoms with Gasteiger partial charge < -0.3 is 10.6 Å². The van der Waals surface area contributed by atoms with Gasteiger partial charge in [0, 0.05) is 18.1 Å². The fraction of sp³-hybridized carbons (Fsp3) is 0.316. The van der Waals surface area contributed by atoms with Crippen molar-refractivity contribution in [2.24, 2.45) is 5.73 Å². The monoisotopic (exact) mass is 451 g/mol. The van der Waals surface area contributed by atoms with E-state index < -0.39 is 21.3 Å². The number of nitrogens with two attached hydrogens (primary N) is 1. The molecule has 1 amide bonds. The van der Waals surface area contributed by atoms with Crippen LogP contribution in [0.1, 0.15) is 19.4 Å². The first-order chi connectivity index (χ1) is 12.5. The molecular formula is C19H22BrN3O3S. The minimum absolute atomic E-state index is 0.185. The van der Waals surface area contributed by atoms with Gasteiger partial charge in [0.15, 0.2) is 0 Å². The summed E-state index contributed by atoms with van der Waals surface area (Å²) in [5.74, 6) is -0.461. The summed E-state index contributed by atoms with van der Waals surface area (Å²) in [6, 6.07) is 11.9. The number of fused-ring (bicyclic) bond motifs is 1. The average molecular weight is 452 g/mol. The lowest BCUT2D eigenvalue weighted by molar-refractivity contribution is -0.122. The average Bonchev–Trinajstić information content (AvgIpc) is 2.62. The maximum absolute atomic E-state index is 13.2. The summed E-state index contributed by atoms with van der Waals surface area (Å²) in [4.78, 5) is 13.9. The van der Waals surface area contributed by atoms with E-state index in [1.54, 1.807) is 32.0 Å². The molecule has 0 bridgehead atoms. The van der Waals surface area contributed by atoms with Crippen molar-refractivity contribution >= 4 is 43.2 Å². The Morgan fingerprint density at radius 3 is 2.30 bits per heavy atom. The molecule has 1 aliphatic heterocycles. The van der Waals surface area contributed by atoms with Gasteiger partial charge in [-0.3, -0.25) is 9.10 Å². The number of anilines is 2. The molecule has 6 nitrogen and oxygen atoms in total. The van der Waals surface area contributed by atoms with E-state index in [9.17, 15) is 13.2 Å². The van der Waals surface area contributed by atoms with Gasteiger partial charge in [0.25, 0.3) is 10.0 Å². The zero-order chi connectivity index (χ0) is 20.0. The predicted molar refractivity (Wildman–Crippen MR) is 111 cm³/mol. The number of hydrogen-bond acceptors (Lipinski definition) is 4. The van der Waals surface area contributed by atoms with Gasteiger partial charge in [0.05, 0.1) is 28.2 Å². The number of carbonyl (C=O) groups excluding carboxylic acids is 1. The quantitative estimate of drug-likeness (QED) is 0.774. The molecule has 1 heterocycles. The van der Waals surface area contributed by atoms with E-state index >= 15 is 0 Å². The van der Waals surface area contributed by atoms with Gasteiger partial charge in [-0.1, -0.05) is 28.1 Å². The molecule has 0 spiro atoms. The summed E-state index contributed by atoms with van der Waals surface area (Å²) in [6.07, 6.45) is 0. The molecule has 0 atom stereocenters. The minimum atomic E-state index is -3.72. The molecule has 2 aromatic carbocycles. The fourth-order valence-electron chi connectivity index (χ4n) is 3.06. The Bertz CT molecular complexity index is 988. The molecule has 0 saturated heterocycles. The topological polar surface area (TPSA) is 83.7 Å². The summed E-state index contributed by atoms with van der Waals surface area (Å²) in [5, 5.41) is 0. The fourth-order valence-corrected chi connectivity index (χ4v) is 4.88. The van der Waals surface area contributed by atoms with Crippen molar-refractivity contribution in [2.75, 3.05) is 29.3 Å². The number of amides is 1. The first-order valence-electron chi connectivity index (χ1n) is 8.49. The number of rotatable bonds is 4. The van der Waals surface area contributed by atoms with E-state index in [0.29, 0.717) is 24.3 Å². The molecule has 8 heteroatoms. The van der Waals surface area contributed by atoms with Crippen molar-refractivity contribution in [2.45, 2.75) is 24.2 Å². The molecule has 2 aromatic rings. The summed E-state index contributed by atoms with van der Waals surface area (Å²) in [7, 11) is -1.78. The highest BCUT2D eigenvalue weighted by atomic mass is 79.9. The first-order valence-corrected chi connectivity index (χ1v) is 10.7. The number of halogens is 1. The number of primary amides is 1. The molecule has 0 aromatic heterocycles. The van der Waals surface area contributed by atoms with Crippen LogP contribution < -0.4 is 14.9 Å². The molecule has 2 N–H and O–H groups in total. The normalized spacial score (nSPS) is 14.8. The SMILES string of the molecule is CN1CCN(S(=O)(=O)c2ccc(C(C)(C)C(N)=O)cc2)c2ccc(Br)cc21. The molecule has 0 fully saturated rings. The predicted octanol–water partition coefficient (Wildman–Crippen LogP) is 2.86. The van der Waals surface area contributed by atoms with Crippen molar-refractivity contribution in [3.8, 4) is 0 Å². The van der Waals surface area contributed by atoms with E-state index in [2.05, 4.69) is 15.9 Å². The van der Waals surface area contributed by atoms with Crippen LogP contribution in [-0.2, 0) is 20.2 Å². The van der Waals surface area contributed by atoms with Crippen LogP contribution in [-0.4, -0.2) is 34.5 Å². The second kappa shape index (κ2) is 6.83. The maximum atomic E-state index is 13.2. The Balaban J connectivity index is 2.01. The molecule has 0 unspecified atom stereocenters. The Morgan fingerprint density at radius 1 is 1.07 bits per heavy atom. The maximum Gasteiger partial charge on any atom is 0.264 e. The molecule has 144 valence electrons. The van der Waals surface area contributed by atoms with E-state index in [4.69, 9.17) is 5.73 Å². The van der Waals surface area contributed by atoms with E-state index in [1.165, 1.54) is 16.4 Å². The molecule has 0 saturated carbocycles. The number of benzene rings is 2. The molecule has 0 radical (unpaired) electrons. The smallest absolute Gasteiger partial charge is 0.264 e. The van der Waals surface area contributed by atoms with Crippen molar-refractivity contribution in [1.29, 1.82) is 0 Å². The standard InChI is InChI=1S/C19H22BrN3O3S/c1-19(2,18(21)24)13-4-7-15(8-5-13)27(25,26)23-11-10-22(3)17-12-14(20)6-9-16(17)23/h4-9,12H,10-11H2,1-3H3,(H2,21,24). The largest absolute Gasteiger partial charge is 0.371 e. The van der Waals surface area contributed by atoms with Gasteiger partial charge in [-0.15, -0.1) is 0 Å². The summed E-state index contributed by atoms with van der Waals surface area (Å²) in [5.41, 5.74) is 6.76. The van der Waals surface area contributed by atoms with Crippen LogP contribution in [0.2, 0.25) is 0 Å². The highest BCUT2D eigenvalue weighted by molar-refractivity contribution is 9.10. The number of nitrogens with zero attached hydrogens (tertiary/aromatic N) is 2. The minimum Gasteiger partial charge on any atom is -0.371 e. The van der Waals surface area contributed by atoms with Crippen LogP contribution >= 0.6 is 15.9 Å². The highest BCUT2D eigenvalue weighted by Gasteiger charge is 2.32. The van der Waals surface area contributed by atoms with Crippen LogP contribution in [0.25, 0.3) is 0 Å². The van der Waals surface area contributed by atoms with Gasteiger partial charge in [0.1, 0.15) is 0 Å². The summed E-state index contributed by atoms with van der Waals surface area (Å²) < 4.78 is 28.8. The van der Waals surface area contributed by atoms with Crippen LogP contribution in [0.15, 0.2) is 51.8 Å². The summed E-state index contributed by atoms with van der Waals surface area (Å²) in [6.45, 7) is 4.39. The van der Waals surface area contributed by atoms with Crippen LogP contribution in [0, 0.1) is 0 Å². The third-order valence-electron chi connectivity index (χ3n) is 5.04. The van der Waals surface area contributed by atoms with Crippen molar-refractivity contribution in [1.82, 2.24) is 0 Å². The summed E-state index contributed by atoms with van der Waals surface area (Å²) >= 11 is 3.44. The third-order valence-corrected chi connectivity index (χ3v) is 7.36. The molecule has 1 aliphatic rings. The Morgan fingerprint density at radius 2 is 1.70 bits per heavy atom. The zero-order valence-corrected chi connectivity index (χ0v) is 17.8. The van der Waals surface area contributed by atoms with Crippen LogP contribution in [0.4, 0.5) is 11.4 Å². The van der Waals surface area contributed by atoms with Gasteiger partial charge in [-0.2, -0.15) is 0 Å². The lowest BCUT2D eigenvalue weighted by Crippen LogP contribution is -2.42. The lowest BCUT2D eigenvalue weighted by atomic mass is 9.84.